The molecule has 0 spiro atoms. The Labute approximate surface area is 187 Å². The lowest BCUT2D eigenvalue weighted by molar-refractivity contribution is -0.134. The van der Waals surface area contributed by atoms with E-state index in [4.69, 9.17) is 0 Å². The summed E-state index contributed by atoms with van der Waals surface area (Å²) in [5, 5.41) is 0. The van der Waals surface area contributed by atoms with Crippen molar-refractivity contribution in [1.82, 2.24) is 14.1 Å². The topological polar surface area (TPSA) is 60.9 Å². The molecule has 0 N–H and O–H groups in total. The van der Waals surface area contributed by atoms with Crippen LogP contribution in [0.1, 0.15) is 57.6 Å². The summed E-state index contributed by atoms with van der Waals surface area (Å²) in [5.74, 6) is 0.246. The van der Waals surface area contributed by atoms with Crippen LogP contribution in [-0.4, -0.2) is 73.2 Å². The number of fused-ring (bicyclic) bond motifs is 1. The van der Waals surface area contributed by atoms with Crippen molar-refractivity contribution < 1.29 is 13.2 Å². The summed E-state index contributed by atoms with van der Waals surface area (Å²) in [7, 11) is -3.46. The van der Waals surface area contributed by atoms with Gasteiger partial charge in [0.1, 0.15) is 0 Å². The van der Waals surface area contributed by atoms with Gasteiger partial charge >= 0.3 is 0 Å². The highest BCUT2D eigenvalue weighted by molar-refractivity contribution is 7.89. The monoisotopic (exact) mass is 447 g/mol. The maximum Gasteiger partial charge on any atom is 0.243 e. The van der Waals surface area contributed by atoms with Crippen LogP contribution < -0.4 is 0 Å². The molecule has 0 bridgehead atoms. The lowest BCUT2D eigenvalue weighted by Gasteiger charge is -2.45. The Bertz CT molecular complexity index is 922. The number of piperazine rings is 1. The van der Waals surface area contributed by atoms with E-state index in [0.29, 0.717) is 18.0 Å². The van der Waals surface area contributed by atoms with Crippen molar-refractivity contribution in [3.05, 3.63) is 29.3 Å². The summed E-state index contributed by atoms with van der Waals surface area (Å²) >= 11 is 0. The van der Waals surface area contributed by atoms with Crippen LogP contribution in [0.2, 0.25) is 0 Å². The fourth-order valence-electron chi connectivity index (χ4n) is 5.60. The minimum atomic E-state index is -3.46. The van der Waals surface area contributed by atoms with Gasteiger partial charge in [-0.15, -0.1) is 0 Å². The molecule has 1 aromatic carbocycles. The molecular formula is C24H37N3O3S. The minimum Gasteiger partial charge on any atom is -0.341 e. The van der Waals surface area contributed by atoms with Crippen LogP contribution in [0.5, 0.6) is 0 Å². The molecule has 1 aliphatic carbocycles. The molecule has 4 rings (SSSR count). The number of benzene rings is 1. The molecule has 2 heterocycles. The molecule has 31 heavy (non-hydrogen) atoms. The van der Waals surface area contributed by atoms with E-state index in [1.54, 1.807) is 10.4 Å². The largest absolute Gasteiger partial charge is 0.341 e. The molecule has 0 radical (unpaired) electrons. The maximum atomic E-state index is 13.3. The van der Waals surface area contributed by atoms with Gasteiger partial charge in [-0.3, -0.25) is 9.69 Å². The van der Waals surface area contributed by atoms with E-state index in [0.717, 1.165) is 58.3 Å². The van der Waals surface area contributed by atoms with Gasteiger partial charge in [0.05, 0.1) is 4.90 Å². The smallest absolute Gasteiger partial charge is 0.243 e. The molecule has 7 heteroatoms. The van der Waals surface area contributed by atoms with Gasteiger partial charge in [0, 0.05) is 50.7 Å². The highest BCUT2D eigenvalue weighted by Gasteiger charge is 2.45. The van der Waals surface area contributed by atoms with Crippen LogP contribution in [0.25, 0.3) is 0 Å². The van der Waals surface area contributed by atoms with Gasteiger partial charge < -0.3 is 4.90 Å². The Morgan fingerprint density at radius 1 is 1.03 bits per heavy atom. The molecule has 2 fully saturated rings. The Balaban J connectivity index is 1.44. The van der Waals surface area contributed by atoms with Crippen molar-refractivity contribution in [3.63, 3.8) is 0 Å². The number of hydrogen-bond acceptors (Lipinski definition) is 4. The molecule has 2 saturated heterocycles. The van der Waals surface area contributed by atoms with Gasteiger partial charge in [0.2, 0.25) is 15.9 Å². The van der Waals surface area contributed by atoms with E-state index in [2.05, 4.69) is 11.8 Å². The SMILES string of the molecule is CC[C@]1(N2CCN(S(=O)(=O)c3ccc4c(c3)CCCC4)CC2)CCN(C(=O)C(C)C)C1. The zero-order chi connectivity index (χ0) is 22.2. The van der Waals surface area contributed by atoms with Crippen molar-refractivity contribution in [1.29, 1.82) is 0 Å². The van der Waals surface area contributed by atoms with Crippen LogP contribution in [0.15, 0.2) is 23.1 Å². The molecule has 1 amide bonds. The zero-order valence-electron chi connectivity index (χ0n) is 19.3. The second-order valence-corrected chi connectivity index (χ2v) is 11.7. The third kappa shape index (κ3) is 4.29. The summed E-state index contributed by atoms with van der Waals surface area (Å²) in [5.41, 5.74) is 2.49. The predicted molar refractivity (Wildman–Crippen MR) is 122 cm³/mol. The standard InChI is InChI=1S/C24H37N3O3S/c1-4-24(11-12-25(18-24)23(28)19(2)3)26-13-15-27(16-14-26)31(29,30)22-10-9-20-7-5-6-8-21(20)17-22/h9-10,17,19H,4-8,11-16,18H2,1-3H3/t24-/m0/s1. The summed E-state index contributed by atoms with van der Waals surface area (Å²) < 4.78 is 28.3. The summed E-state index contributed by atoms with van der Waals surface area (Å²) in [4.78, 5) is 17.4. The third-order valence-corrected chi connectivity index (χ3v) is 9.56. The summed E-state index contributed by atoms with van der Waals surface area (Å²) in [6.07, 6.45) is 6.33. The van der Waals surface area contributed by atoms with Gasteiger partial charge in [-0.1, -0.05) is 26.8 Å². The number of rotatable bonds is 5. The number of amides is 1. The van der Waals surface area contributed by atoms with Crippen molar-refractivity contribution in [2.45, 2.75) is 69.7 Å². The lowest BCUT2D eigenvalue weighted by Crippen LogP contribution is -2.59. The predicted octanol–water partition coefficient (Wildman–Crippen LogP) is 2.91. The Hall–Kier alpha value is -1.44. The van der Waals surface area contributed by atoms with Crippen LogP contribution in [0.4, 0.5) is 0 Å². The van der Waals surface area contributed by atoms with Gasteiger partial charge in [0.25, 0.3) is 0 Å². The molecule has 0 unspecified atom stereocenters. The van der Waals surface area contributed by atoms with Gasteiger partial charge in [-0.05, 0) is 61.8 Å². The van der Waals surface area contributed by atoms with E-state index in [-0.39, 0.29) is 17.4 Å². The number of sulfonamides is 1. The second kappa shape index (κ2) is 8.83. The van der Waals surface area contributed by atoms with E-state index in [1.165, 1.54) is 17.5 Å². The fraction of sp³-hybridized carbons (Fsp3) is 0.708. The molecule has 2 aliphatic heterocycles. The average Bonchev–Trinajstić information content (AvgIpc) is 3.24. The molecule has 0 saturated carbocycles. The van der Waals surface area contributed by atoms with Crippen LogP contribution in [-0.2, 0) is 27.7 Å². The number of hydrogen-bond donors (Lipinski definition) is 0. The second-order valence-electron chi connectivity index (χ2n) is 9.77. The molecule has 172 valence electrons. The lowest BCUT2D eigenvalue weighted by atomic mass is 9.92. The van der Waals surface area contributed by atoms with E-state index in [9.17, 15) is 13.2 Å². The van der Waals surface area contributed by atoms with Crippen molar-refractivity contribution in [3.8, 4) is 0 Å². The van der Waals surface area contributed by atoms with Gasteiger partial charge in [-0.2, -0.15) is 4.31 Å². The van der Waals surface area contributed by atoms with Gasteiger partial charge in [0.15, 0.2) is 0 Å². The molecule has 6 nitrogen and oxygen atoms in total. The average molecular weight is 448 g/mol. The normalized spacial score (nSPS) is 25.7. The third-order valence-electron chi connectivity index (χ3n) is 7.66. The Morgan fingerprint density at radius 2 is 1.71 bits per heavy atom. The number of nitrogens with zero attached hydrogens (tertiary/aromatic N) is 3. The zero-order valence-corrected chi connectivity index (χ0v) is 20.1. The number of likely N-dealkylation sites (tertiary alicyclic amines) is 1. The molecule has 1 atom stereocenters. The van der Waals surface area contributed by atoms with Crippen molar-refractivity contribution in [2.24, 2.45) is 5.92 Å². The fourth-order valence-corrected chi connectivity index (χ4v) is 7.08. The minimum absolute atomic E-state index is 0.0197. The number of aryl methyl sites for hydroxylation is 2. The first-order chi connectivity index (χ1) is 14.8. The van der Waals surface area contributed by atoms with E-state index < -0.39 is 10.0 Å². The van der Waals surface area contributed by atoms with Crippen molar-refractivity contribution in [2.75, 3.05) is 39.3 Å². The molecule has 0 aromatic heterocycles. The van der Waals surface area contributed by atoms with Crippen LogP contribution in [0, 0.1) is 5.92 Å². The quantitative estimate of drug-likeness (QED) is 0.696. The summed E-state index contributed by atoms with van der Waals surface area (Å²) in [6.45, 7) is 10.1. The highest BCUT2D eigenvalue weighted by atomic mass is 32.2. The Morgan fingerprint density at radius 3 is 2.35 bits per heavy atom. The van der Waals surface area contributed by atoms with Crippen LogP contribution in [0.3, 0.4) is 0 Å². The van der Waals surface area contributed by atoms with Gasteiger partial charge in [-0.25, -0.2) is 8.42 Å². The molecular weight excluding hydrogens is 410 g/mol. The molecule has 3 aliphatic rings. The van der Waals surface area contributed by atoms with E-state index >= 15 is 0 Å². The highest BCUT2D eigenvalue weighted by Crippen LogP contribution is 2.34. The molecule has 1 aromatic rings. The first kappa shape index (κ1) is 22.7. The van der Waals surface area contributed by atoms with E-state index in [1.807, 2.05) is 30.9 Å². The number of carbonyl (C=O) groups is 1. The number of carbonyl (C=O) groups excluding carboxylic acids is 1. The Kier molecular flexibility index (Phi) is 6.48. The van der Waals surface area contributed by atoms with Crippen LogP contribution >= 0.6 is 0 Å². The first-order valence-corrected chi connectivity index (χ1v) is 13.4. The first-order valence-electron chi connectivity index (χ1n) is 11.9. The summed E-state index contributed by atoms with van der Waals surface area (Å²) in [6, 6.07) is 5.73. The maximum absolute atomic E-state index is 13.3. The van der Waals surface area contributed by atoms with Crippen molar-refractivity contribution >= 4 is 15.9 Å².